The normalized spacial score (nSPS) is 14.3. The van der Waals surface area contributed by atoms with Crippen LogP contribution in [-0.2, 0) is 19.5 Å². The van der Waals surface area contributed by atoms with Crippen molar-refractivity contribution < 1.29 is 27.5 Å². The van der Waals surface area contributed by atoms with Crippen molar-refractivity contribution in [1.29, 1.82) is 0 Å². The molecule has 2 aromatic carbocycles. The van der Waals surface area contributed by atoms with Gasteiger partial charge in [0, 0.05) is 37.4 Å². The van der Waals surface area contributed by atoms with Gasteiger partial charge in [-0.15, -0.1) is 0 Å². The molecule has 1 fully saturated rings. The zero-order valence-electron chi connectivity index (χ0n) is 20.1. The van der Waals surface area contributed by atoms with Crippen LogP contribution in [0.1, 0.15) is 34.6 Å². The molecule has 1 aliphatic rings. The van der Waals surface area contributed by atoms with E-state index in [9.17, 15) is 18.0 Å². The fraction of sp³-hybridized carbons (Fsp3) is 0.417. The van der Waals surface area contributed by atoms with E-state index >= 15 is 0 Å². The van der Waals surface area contributed by atoms with Gasteiger partial charge in [-0.1, -0.05) is 23.2 Å². The van der Waals surface area contributed by atoms with Gasteiger partial charge in [0.15, 0.2) is 0 Å². The highest BCUT2D eigenvalue weighted by molar-refractivity contribution is 7.89. The number of sulfonamides is 1. The van der Waals surface area contributed by atoms with Crippen LogP contribution in [0.4, 0.5) is 5.69 Å². The maximum Gasteiger partial charge on any atom is 0.339 e. The summed E-state index contributed by atoms with van der Waals surface area (Å²) in [6, 6.07) is 9.56. The van der Waals surface area contributed by atoms with Crippen LogP contribution in [0, 0.1) is 0 Å². The van der Waals surface area contributed by atoms with Crippen LogP contribution in [0.15, 0.2) is 41.3 Å². The number of nitrogens with one attached hydrogen (secondary N) is 1. The standard InChI is InChI=1S/C24H29Cl2N3O6S/c1-3-28(4-2)18-7-5-17(6-8-18)23(30)27-9-12-35-24(31)19-15-22(21(26)16-20(19)25)36(32,33)29-10-13-34-14-11-29/h5-8,15-16H,3-4,9-14H2,1-2H3,(H,27,30). The lowest BCUT2D eigenvalue weighted by Gasteiger charge is -2.26. The molecule has 0 spiro atoms. The van der Waals surface area contributed by atoms with E-state index in [0.29, 0.717) is 5.56 Å². The summed E-state index contributed by atoms with van der Waals surface area (Å²) in [5.74, 6) is -1.13. The molecule has 12 heteroatoms. The highest BCUT2D eigenvalue weighted by atomic mass is 35.5. The number of carbonyl (C=O) groups is 2. The highest BCUT2D eigenvalue weighted by Crippen LogP contribution is 2.31. The zero-order valence-corrected chi connectivity index (χ0v) is 22.5. The number of ether oxygens (including phenoxy) is 2. The first-order chi connectivity index (χ1) is 17.2. The molecule has 1 heterocycles. The first-order valence-corrected chi connectivity index (χ1v) is 13.8. The predicted octanol–water partition coefficient (Wildman–Crippen LogP) is 3.45. The molecule has 0 aliphatic carbocycles. The Balaban J connectivity index is 1.59. The lowest BCUT2D eigenvalue weighted by atomic mass is 10.2. The predicted molar refractivity (Wildman–Crippen MR) is 139 cm³/mol. The summed E-state index contributed by atoms with van der Waals surface area (Å²) in [5, 5.41) is 2.55. The van der Waals surface area contributed by atoms with E-state index in [1.807, 2.05) is 12.1 Å². The molecule has 1 saturated heterocycles. The average Bonchev–Trinajstić information content (AvgIpc) is 2.88. The Kier molecular flexibility index (Phi) is 9.98. The van der Waals surface area contributed by atoms with Crippen molar-refractivity contribution in [3.8, 4) is 0 Å². The number of amides is 1. The summed E-state index contributed by atoms with van der Waals surface area (Å²) in [5.41, 5.74) is 1.38. The number of hydrogen-bond acceptors (Lipinski definition) is 7. The van der Waals surface area contributed by atoms with Crippen LogP contribution in [0.2, 0.25) is 10.0 Å². The molecule has 0 unspecified atom stereocenters. The van der Waals surface area contributed by atoms with E-state index in [1.165, 1.54) is 10.4 Å². The molecule has 3 rings (SSSR count). The Morgan fingerprint density at radius 2 is 1.69 bits per heavy atom. The SMILES string of the molecule is CCN(CC)c1ccc(C(=O)NCCOC(=O)c2cc(S(=O)(=O)N3CCOCC3)c(Cl)cc2Cl)cc1. The van der Waals surface area contributed by atoms with E-state index in [4.69, 9.17) is 32.7 Å². The summed E-state index contributed by atoms with van der Waals surface area (Å²) in [7, 11) is -3.95. The molecule has 0 bridgehead atoms. The third-order valence-corrected chi connectivity index (χ3v) is 8.38. The third-order valence-electron chi connectivity index (χ3n) is 5.71. The molecule has 2 aromatic rings. The Labute approximate surface area is 221 Å². The van der Waals surface area contributed by atoms with E-state index in [-0.39, 0.29) is 65.9 Å². The molecule has 1 amide bonds. The lowest BCUT2D eigenvalue weighted by Crippen LogP contribution is -2.40. The molecule has 0 aromatic heterocycles. The first-order valence-electron chi connectivity index (χ1n) is 11.6. The van der Waals surface area contributed by atoms with Crippen molar-refractivity contribution in [1.82, 2.24) is 9.62 Å². The quantitative estimate of drug-likeness (QED) is 0.352. The van der Waals surface area contributed by atoms with Gasteiger partial charge in [-0.2, -0.15) is 4.31 Å². The molecule has 0 radical (unpaired) electrons. The molecule has 9 nitrogen and oxygen atoms in total. The molecular formula is C24H29Cl2N3O6S. The number of benzene rings is 2. The molecular weight excluding hydrogens is 529 g/mol. The molecule has 196 valence electrons. The summed E-state index contributed by atoms with van der Waals surface area (Å²) < 4.78 is 37.6. The van der Waals surface area contributed by atoms with Gasteiger partial charge in [-0.25, -0.2) is 13.2 Å². The summed E-state index contributed by atoms with van der Waals surface area (Å²) in [4.78, 5) is 26.9. The second kappa shape index (κ2) is 12.7. The van der Waals surface area contributed by atoms with Gasteiger partial charge >= 0.3 is 5.97 Å². The van der Waals surface area contributed by atoms with Crippen molar-refractivity contribution in [3.63, 3.8) is 0 Å². The largest absolute Gasteiger partial charge is 0.460 e. The Morgan fingerprint density at radius 1 is 1.06 bits per heavy atom. The summed E-state index contributed by atoms with van der Waals surface area (Å²) in [6.07, 6.45) is 0. The Bertz CT molecular complexity index is 1180. The highest BCUT2D eigenvalue weighted by Gasteiger charge is 2.30. The second-order valence-corrected chi connectivity index (χ2v) is 10.6. The average molecular weight is 558 g/mol. The van der Waals surface area contributed by atoms with Crippen molar-refractivity contribution in [2.24, 2.45) is 0 Å². The van der Waals surface area contributed by atoms with E-state index in [0.717, 1.165) is 24.8 Å². The molecule has 0 atom stereocenters. The fourth-order valence-corrected chi connectivity index (χ4v) is 5.94. The van der Waals surface area contributed by atoms with Crippen LogP contribution in [0.25, 0.3) is 0 Å². The van der Waals surface area contributed by atoms with Gasteiger partial charge in [0.1, 0.15) is 11.5 Å². The van der Waals surface area contributed by atoms with Gasteiger partial charge in [-0.3, -0.25) is 4.79 Å². The maximum absolute atomic E-state index is 13.0. The fourth-order valence-electron chi connectivity index (χ4n) is 3.71. The number of morpholine rings is 1. The van der Waals surface area contributed by atoms with Gasteiger partial charge in [0.05, 0.1) is 35.4 Å². The topological polar surface area (TPSA) is 105 Å². The number of esters is 1. The molecule has 1 N–H and O–H groups in total. The summed E-state index contributed by atoms with van der Waals surface area (Å²) in [6.45, 7) is 6.68. The van der Waals surface area contributed by atoms with Crippen molar-refractivity contribution >= 4 is 50.8 Å². The van der Waals surface area contributed by atoms with Crippen LogP contribution >= 0.6 is 23.2 Å². The summed E-state index contributed by atoms with van der Waals surface area (Å²) >= 11 is 12.3. The Hall–Kier alpha value is -2.37. The monoisotopic (exact) mass is 557 g/mol. The van der Waals surface area contributed by atoms with E-state index in [1.54, 1.807) is 12.1 Å². The molecule has 0 saturated carbocycles. The number of anilines is 1. The number of halogens is 2. The van der Waals surface area contributed by atoms with Crippen molar-refractivity contribution in [2.45, 2.75) is 18.7 Å². The Morgan fingerprint density at radius 3 is 2.31 bits per heavy atom. The van der Waals surface area contributed by atoms with Crippen molar-refractivity contribution in [3.05, 3.63) is 57.6 Å². The minimum Gasteiger partial charge on any atom is -0.460 e. The van der Waals surface area contributed by atoms with E-state index < -0.39 is 16.0 Å². The number of carbonyl (C=O) groups excluding carboxylic acids is 2. The number of hydrogen-bond donors (Lipinski definition) is 1. The van der Waals surface area contributed by atoms with Crippen LogP contribution in [0.3, 0.4) is 0 Å². The maximum atomic E-state index is 13.0. The zero-order chi connectivity index (χ0) is 26.3. The third kappa shape index (κ3) is 6.68. The number of nitrogens with zero attached hydrogens (tertiary/aromatic N) is 2. The minimum absolute atomic E-state index is 0.0387. The second-order valence-electron chi connectivity index (χ2n) is 7.89. The van der Waals surface area contributed by atoms with Crippen molar-refractivity contribution in [2.75, 3.05) is 57.4 Å². The van der Waals surface area contributed by atoms with Gasteiger partial charge in [0.2, 0.25) is 10.0 Å². The lowest BCUT2D eigenvalue weighted by molar-refractivity contribution is 0.0503. The molecule has 1 aliphatic heterocycles. The van der Waals surface area contributed by atoms with Crippen LogP contribution < -0.4 is 10.2 Å². The van der Waals surface area contributed by atoms with Gasteiger partial charge in [-0.05, 0) is 50.2 Å². The van der Waals surface area contributed by atoms with Gasteiger partial charge in [0.25, 0.3) is 5.91 Å². The minimum atomic E-state index is -3.95. The van der Waals surface area contributed by atoms with Gasteiger partial charge < -0.3 is 19.7 Å². The van der Waals surface area contributed by atoms with Crippen LogP contribution in [0.5, 0.6) is 0 Å². The molecule has 36 heavy (non-hydrogen) atoms. The first kappa shape index (κ1) is 28.2. The van der Waals surface area contributed by atoms with Crippen LogP contribution in [-0.4, -0.2) is 77.1 Å². The number of rotatable bonds is 10. The smallest absolute Gasteiger partial charge is 0.339 e. The van der Waals surface area contributed by atoms with E-state index in [2.05, 4.69) is 24.1 Å².